The van der Waals surface area contributed by atoms with E-state index in [1.54, 1.807) is 41.5 Å². The van der Waals surface area contributed by atoms with Gasteiger partial charge in [0.25, 0.3) is 0 Å². The van der Waals surface area contributed by atoms with Crippen LogP contribution in [0.3, 0.4) is 0 Å². The van der Waals surface area contributed by atoms with E-state index in [2.05, 4.69) is 26.6 Å². The molecule has 1 aliphatic heterocycles. The molecule has 0 unspecified atom stereocenters. The Morgan fingerprint density at radius 3 is 2.03 bits per heavy atom. The summed E-state index contributed by atoms with van der Waals surface area (Å²) in [7, 11) is 0. The molecule has 2 N–H and O–H groups in total. The highest BCUT2D eigenvalue weighted by molar-refractivity contribution is 9.09. The largest absolute Gasteiger partial charge is 0.458 e. The van der Waals surface area contributed by atoms with Crippen LogP contribution in [0.25, 0.3) is 0 Å². The van der Waals surface area contributed by atoms with Crippen molar-refractivity contribution in [2.75, 3.05) is 11.9 Å². The van der Waals surface area contributed by atoms with Crippen LogP contribution >= 0.6 is 15.9 Å². The van der Waals surface area contributed by atoms with Crippen LogP contribution in [0.2, 0.25) is 0 Å². The van der Waals surface area contributed by atoms with Crippen molar-refractivity contribution in [1.82, 2.24) is 15.5 Å². The number of likely N-dealkylation sites (tertiary alicyclic amines) is 1. The number of alkyl halides is 1. The Balaban J connectivity index is 2.90. The summed E-state index contributed by atoms with van der Waals surface area (Å²) < 4.78 is 10.7. The third-order valence-electron chi connectivity index (χ3n) is 4.61. The summed E-state index contributed by atoms with van der Waals surface area (Å²) in [4.78, 5) is 52.3. The SMILES string of the molecule is CC(C)[C@H](NC(=O)[C@H](CBr)NC(=O)OC(C)(C)C)C(=O)N1CCC[C@H]1C(=O)OC(C)(C)C. The number of nitrogens with one attached hydrogen (secondary N) is 2. The molecule has 1 heterocycles. The minimum absolute atomic E-state index is 0.140. The van der Waals surface area contributed by atoms with Crippen LogP contribution in [0, 0.1) is 5.92 Å². The van der Waals surface area contributed by atoms with Crippen LogP contribution in [0.1, 0.15) is 68.2 Å². The number of rotatable bonds is 7. The number of hydrogen-bond acceptors (Lipinski definition) is 6. The molecule has 32 heavy (non-hydrogen) atoms. The summed E-state index contributed by atoms with van der Waals surface area (Å²) in [5, 5.41) is 5.39. The maximum Gasteiger partial charge on any atom is 0.408 e. The van der Waals surface area contributed by atoms with E-state index in [-0.39, 0.29) is 17.2 Å². The molecule has 10 heteroatoms. The number of halogens is 1. The number of carbonyl (C=O) groups is 4. The summed E-state index contributed by atoms with van der Waals surface area (Å²) in [5.41, 5.74) is -1.36. The van der Waals surface area contributed by atoms with E-state index in [4.69, 9.17) is 9.47 Å². The number of amides is 3. The Morgan fingerprint density at radius 2 is 1.56 bits per heavy atom. The van der Waals surface area contributed by atoms with E-state index in [1.807, 2.05) is 13.8 Å². The second kappa shape index (κ2) is 11.3. The van der Waals surface area contributed by atoms with Crippen LogP contribution in [-0.4, -0.2) is 70.0 Å². The van der Waals surface area contributed by atoms with Gasteiger partial charge in [-0.05, 0) is 60.3 Å². The molecule has 0 aromatic rings. The zero-order valence-electron chi connectivity index (χ0n) is 20.4. The number of ether oxygens (including phenoxy) is 2. The van der Waals surface area contributed by atoms with E-state index >= 15 is 0 Å². The molecule has 0 aromatic heterocycles. The Bertz CT molecular complexity index is 699. The number of nitrogens with zero attached hydrogens (tertiary/aromatic N) is 1. The first-order valence-electron chi connectivity index (χ1n) is 10.9. The fourth-order valence-corrected chi connectivity index (χ4v) is 3.67. The lowest BCUT2D eigenvalue weighted by molar-refractivity contribution is -0.163. The molecule has 9 nitrogen and oxygen atoms in total. The second-order valence-corrected chi connectivity index (χ2v) is 11.0. The van der Waals surface area contributed by atoms with Crippen LogP contribution in [0.5, 0.6) is 0 Å². The van der Waals surface area contributed by atoms with Gasteiger partial charge in [0.1, 0.15) is 29.3 Å². The maximum absolute atomic E-state index is 13.3. The normalized spacial score (nSPS) is 18.7. The van der Waals surface area contributed by atoms with Gasteiger partial charge in [0, 0.05) is 11.9 Å². The quantitative estimate of drug-likeness (QED) is 0.394. The predicted octanol–water partition coefficient (Wildman–Crippen LogP) is 2.75. The first-order chi connectivity index (χ1) is 14.6. The van der Waals surface area contributed by atoms with Crippen molar-refractivity contribution >= 4 is 39.8 Å². The van der Waals surface area contributed by atoms with E-state index in [0.717, 1.165) is 0 Å². The Morgan fingerprint density at radius 1 is 1.00 bits per heavy atom. The summed E-state index contributed by atoms with van der Waals surface area (Å²) in [6, 6.07) is -2.46. The fourth-order valence-electron chi connectivity index (χ4n) is 3.22. The maximum atomic E-state index is 13.3. The second-order valence-electron chi connectivity index (χ2n) is 10.3. The molecular weight excluding hydrogens is 482 g/mol. The van der Waals surface area contributed by atoms with Gasteiger partial charge in [-0.25, -0.2) is 9.59 Å². The zero-order chi connectivity index (χ0) is 24.9. The zero-order valence-corrected chi connectivity index (χ0v) is 22.0. The monoisotopic (exact) mass is 519 g/mol. The number of alkyl carbamates (subject to hydrolysis) is 1. The smallest absolute Gasteiger partial charge is 0.408 e. The third kappa shape index (κ3) is 8.96. The first kappa shape index (κ1) is 28.2. The molecule has 1 saturated heterocycles. The topological polar surface area (TPSA) is 114 Å². The van der Waals surface area contributed by atoms with Gasteiger partial charge in [0.05, 0.1) is 0 Å². The predicted molar refractivity (Wildman–Crippen MR) is 124 cm³/mol. The molecule has 1 aliphatic rings. The summed E-state index contributed by atoms with van der Waals surface area (Å²) in [5.74, 6) is -1.54. The van der Waals surface area contributed by atoms with Crippen LogP contribution in [0.4, 0.5) is 4.79 Å². The van der Waals surface area contributed by atoms with Crippen molar-refractivity contribution in [3.8, 4) is 0 Å². The Labute approximate surface area is 199 Å². The average molecular weight is 520 g/mol. The standard InChI is InChI=1S/C22H38BrN3O6/c1-13(2)16(25-17(27)14(12-23)24-20(30)32-22(6,7)8)18(28)26-11-9-10-15(26)19(29)31-21(3,4)5/h13-16H,9-12H2,1-8H3,(H,24,30)(H,25,27)/t14-,15-,16-/m0/s1. The molecule has 184 valence electrons. The van der Waals surface area contributed by atoms with Crippen molar-refractivity contribution in [2.45, 2.75) is 97.6 Å². The van der Waals surface area contributed by atoms with E-state index in [0.29, 0.717) is 19.4 Å². The molecule has 3 amide bonds. The minimum Gasteiger partial charge on any atom is -0.458 e. The van der Waals surface area contributed by atoms with Gasteiger partial charge in [-0.1, -0.05) is 29.8 Å². The van der Waals surface area contributed by atoms with Crippen molar-refractivity contribution in [1.29, 1.82) is 0 Å². The first-order valence-corrected chi connectivity index (χ1v) is 12.1. The molecule has 0 saturated carbocycles. The molecule has 0 bridgehead atoms. The molecular formula is C22H38BrN3O6. The molecule has 1 rings (SSSR count). The highest BCUT2D eigenvalue weighted by Gasteiger charge is 2.41. The number of carbonyl (C=O) groups excluding carboxylic acids is 4. The lowest BCUT2D eigenvalue weighted by Gasteiger charge is -2.32. The van der Waals surface area contributed by atoms with E-state index < -0.39 is 47.3 Å². The molecule has 0 spiro atoms. The molecule has 0 radical (unpaired) electrons. The van der Waals surface area contributed by atoms with Crippen LogP contribution < -0.4 is 10.6 Å². The van der Waals surface area contributed by atoms with Crippen molar-refractivity contribution in [3.05, 3.63) is 0 Å². The van der Waals surface area contributed by atoms with Crippen LogP contribution in [-0.2, 0) is 23.9 Å². The molecule has 1 fully saturated rings. The molecule has 0 aliphatic carbocycles. The number of esters is 1. The molecule has 3 atom stereocenters. The van der Waals surface area contributed by atoms with E-state index in [1.165, 1.54) is 4.90 Å². The average Bonchev–Trinajstić information content (AvgIpc) is 3.10. The highest BCUT2D eigenvalue weighted by atomic mass is 79.9. The van der Waals surface area contributed by atoms with Gasteiger partial charge in [0.2, 0.25) is 11.8 Å². The van der Waals surface area contributed by atoms with Gasteiger partial charge in [-0.2, -0.15) is 0 Å². The Hall–Kier alpha value is -1.84. The van der Waals surface area contributed by atoms with Crippen LogP contribution in [0.15, 0.2) is 0 Å². The van der Waals surface area contributed by atoms with Gasteiger partial charge in [0.15, 0.2) is 0 Å². The van der Waals surface area contributed by atoms with Gasteiger partial charge in [-0.3, -0.25) is 9.59 Å². The minimum atomic E-state index is -0.931. The van der Waals surface area contributed by atoms with Crippen molar-refractivity contribution in [3.63, 3.8) is 0 Å². The highest BCUT2D eigenvalue weighted by Crippen LogP contribution is 2.23. The lowest BCUT2D eigenvalue weighted by atomic mass is 10.0. The summed E-state index contributed by atoms with van der Waals surface area (Å²) in [6.07, 6.45) is 0.469. The lowest BCUT2D eigenvalue weighted by Crippen LogP contribution is -2.58. The van der Waals surface area contributed by atoms with Gasteiger partial charge in [-0.15, -0.1) is 0 Å². The third-order valence-corrected chi connectivity index (χ3v) is 5.25. The summed E-state index contributed by atoms with van der Waals surface area (Å²) >= 11 is 3.22. The van der Waals surface area contributed by atoms with Gasteiger partial charge >= 0.3 is 12.1 Å². The Kier molecular flexibility index (Phi) is 9.99. The van der Waals surface area contributed by atoms with Crippen molar-refractivity contribution < 1.29 is 28.7 Å². The fraction of sp³-hybridized carbons (Fsp3) is 0.818. The van der Waals surface area contributed by atoms with Gasteiger partial charge < -0.3 is 25.0 Å². The molecule has 0 aromatic carbocycles. The number of hydrogen-bond donors (Lipinski definition) is 2. The summed E-state index contributed by atoms with van der Waals surface area (Å²) in [6.45, 7) is 14.5. The van der Waals surface area contributed by atoms with Crippen molar-refractivity contribution in [2.24, 2.45) is 5.92 Å². The van der Waals surface area contributed by atoms with E-state index in [9.17, 15) is 19.2 Å².